The van der Waals surface area contributed by atoms with E-state index in [0.717, 1.165) is 12.0 Å². The van der Waals surface area contributed by atoms with Crippen molar-refractivity contribution < 1.29 is 4.39 Å². The quantitative estimate of drug-likeness (QED) is 0.862. The number of tetrazole rings is 1. The summed E-state index contributed by atoms with van der Waals surface area (Å²) in [6, 6.07) is 4.58. The van der Waals surface area contributed by atoms with Gasteiger partial charge in [0, 0.05) is 12.1 Å². The van der Waals surface area contributed by atoms with Crippen LogP contribution in [0.15, 0.2) is 18.2 Å². The van der Waals surface area contributed by atoms with Gasteiger partial charge in [-0.2, -0.15) is 0 Å². The van der Waals surface area contributed by atoms with Gasteiger partial charge in [-0.3, -0.25) is 0 Å². The van der Waals surface area contributed by atoms with E-state index in [4.69, 9.17) is 5.73 Å². The molecule has 0 aliphatic carbocycles. The van der Waals surface area contributed by atoms with E-state index in [0.29, 0.717) is 24.5 Å². The summed E-state index contributed by atoms with van der Waals surface area (Å²) >= 11 is 0. The first-order valence-electron chi connectivity index (χ1n) is 5.45. The van der Waals surface area contributed by atoms with E-state index < -0.39 is 0 Å². The van der Waals surface area contributed by atoms with E-state index in [-0.39, 0.29) is 5.82 Å². The van der Waals surface area contributed by atoms with Crippen molar-refractivity contribution in [3.8, 4) is 11.4 Å². The van der Waals surface area contributed by atoms with Crippen molar-refractivity contribution in [3.63, 3.8) is 0 Å². The van der Waals surface area contributed by atoms with Gasteiger partial charge in [-0.15, -0.1) is 5.10 Å². The molecule has 17 heavy (non-hydrogen) atoms. The number of hydrogen-bond acceptors (Lipinski definition) is 4. The molecule has 0 saturated carbocycles. The minimum Gasteiger partial charge on any atom is -0.330 e. The van der Waals surface area contributed by atoms with Crippen molar-refractivity contribution in [2.45, 2.75) is 19.9 Å². The summed E-state index contributed by atoms with van der Waals surface area (Å²) in [5.74, 6) is 0.287. The average molecular weight is 235 g/mol. The molecule has 0 aliphatic rings. The van der Waals surface area contributed by atoms with Crippen LogP contribution >= 0.6 is 0 Å². The zero-order valence-electron chi connectivity index (χ0n) is 9.60. The van der Waals surface area contributed by atoms with Crippen LogP contribution in [-0.2, 0) is 6.54 Å². The van der Waals surface area contributed by atoms with Gasteiger partial charge in [0.1, 0.15) is 5.82 Å². The normalized spacial score (nSPS) is 10.8. The van der Waals surface area contributed by atoms with Crippen LogP contribution in [0.1, 0.15) is 12.0 Å². The number of nitrogens with two attached hydrogens (primary N) is 1. The Morgan fingerprint density at radius 1 is 1.41 bits per heavy atom. The molecule has 0 radical (unpaired) electrons. The molecule has 6 heteroatoms. The number of aromatic nitrogens is 4. The molecule has 1 aromatic heterocycles. The lowest BCUT2D eigenvalue weighted by Gasteiger charge is -2.06. The smallest absolute Gasteiger partial charge is 0.182 e. The second-order valence-corrected chi connectivity index (χ2v) is 3.83. The van der Waals surface area contributed by atoms with E-state index in [2.05, 4.69) is 15.5 Å². The highest BCUT2D eigenvalue weighted by molar-refractivity contribution is 5.59. The Hall–Kier alpha value is -1.82. The zero-order valence-corrected chi connectivity index (χ0v) is 9.60. The lowest BCUT2D eigenvalue weighted by Crippen LogP contribution is -2.08. The highest BCUT2D eigenvalue weighted by atomic mass is 19.1. The van der Waals surface area contributed by atoms with Gasteiger partial charge >= 0.3 is 0 Å². The molecule has 0 bridgehead atoms. The summed E-state index contributed by atoms with van der Waals surface area (Å²) < 4.78 is 14.9. The number of nitrogens with zero attached hydrogens (tertiary/aromatic N) is 4. The minimum absolute atomic E-state index is 0.293. The Morgan fingerprint density at radius 3 is 3.00 bits per heavy atom. The van der Waals surface area contributed by atoms with Crippen molar-refractivity contribution in [2.75, 3.05) is 6.54 Å². The number of benzene rings is 1. The predicted octanol–water partition coefficient (Wildman–Crippen LogP) is 1.14. The third kappa shape index (κ3) is 2.47. The molecule has 90 valence electrons. The maximum Gasteiger partial charge on any atom is 0.182 e. The first-order chi connectivity index (χ1) is 8.22. The zero-order chi connectivity index (χ0) is 12.3. The Kier molecular flexibility index (Phi) is 3.43. The predicted molar refractivity (Wildman–Crippen MR) is 61.6 cm³/mol. The van der Waals surface area contributed by atoms with Gasteiger partial charge in [-0.1, -0.05) is 6.07 Å². The molecule has 5 nitrogen and oxygen atoms in total. The molecule has 0 fully saturated rings. The van der Waals surface area contributed by atoms with Crippen LogP contribution < -0.4 is 5.73 Å². The maximum absolute atomic E-state index is 13.2. The fraction of sp³-hybridized carbons (Fsp3) is 0.364. The van der Waals surface area contributed by atoms with Crippen LogP contribution in [0.25, 0.3) is 11.4 Å². The van der Waals surface area contributed by atoms with Crippen molar-refractivity contribution in [1.29, 1.82) is 0 Å². The number of hydrogen-bond donors (Lipinski definition) is 1. The third-order valence-electron chi connectivity index (χ3n) is 2.55. The fourth-order valence-corrected chi connectivity index (χ4v) is 1.62. The molecule has 0 aliphatic heterocycles. The second-order valence-electron chi connectivity index (χ2n) is 3.83. The highest BCUT2D eigenvalue weighted by Gasteiger charge is 2.11. The van der Waals surface area contributed by atoms with Gasteiger partial charge in [-0.25, -0.2) is 9.07 Å². The van der Waals surface area contributed by atoms with Crippen LogP contribution in [0.5, 0.6) is 0 Å². The minimum atomic E-state index is -0.293. The Bertz CT molecular complexity index is 508. The summed E-state index contributed by atoms with van der Waals surface area (Å²) in [7, 11) is 0. The summed E-state index contributed by atoms with van der Waals surface area (Å²) in [6.45, 7) is 3.10. The van der Waals surface area contributed by atoms with E-state index in [9.17, 15) is 4.39 Å². The summed E-state index contributed by atoms with van der Waals surface area (Å²) in [5, 5.41) is 11.4. The Balaban J connectivity index is 2.38. The monoisotopic (exact) mass is 235 g/mol. The lowest BCUT2D eigenvalue weighted by atomic mass is 10.1. The number of halogens is 1. The molecule has 0 atom stereocenters. The van der Waals surface area contributed by atoms with E-state index in [1.165, 1.54) is 12.1 Å². The molecular formula is C11H14FN5. The summed E-state index contributed by atoms with van der Waals surface area (Å²) in [5.41, 5.74) is 7.10. The van der Waals surface area contributed by atoms with Crippen LogP contribution in [0.3, 0.4) is 0 Å². The summed E-state index contributed by atoms with van der Waals surface area (Å²) in [6.07, 6.45) is 0.784. The molecular weight excluding hydrogens is 221 g/mol. The van der Waals surface area contributed by atoms with Crippen molar-refractivity contribution in [2.24, 2.45) is 5.73 Å². The van der Waals surface area contributed by atoms with Gasteiger partial charge in [0.2, 0.25) is 0 Å². The summed E-state index contributed by atoms with van der Waals surface area (Å²) in [4.78, 5) is 0. The maximum atomic E-state index is 13.2. The van der Waals surface area contributed by atoms with Gasteiger partial charge in [-0.05, 0) is 48.0 Å². The van der Waals surface area contributed by atoms with Gasteiger partial charge in [0.05, 0.1) is 0 Å². The van der Waals surface area contributed by atoms with E-state index in [1.807, 2.05) is 6.92 Å². The average Bonchev–Trinajstić information content (AvgIpc) is 2.77. The van der Waals surface area contributed by atoms with Gasteiger partial charge in [0.15, 0.2) is 5.82 Å². The van der Waals surface area contributed by atoms with Crippen LogP contribution in [0.4, 0.5) is 4.39 Å². The van der Waals surface area contributed by atoms with Gasteiger partial charge in [0.25, 0.3) is 0 Å². The SMILES string of the molecule is Cc1ccc(F)cc1-c1nnnn1CCCN. The molecule has 2 rings (SSSR count). The number of rotatable bonds is 4. The van der Waals surface area contributed by atoms with Gasteiger partial charge < -0.3 is 5.73 Å². The first kappa shape index (κ1) is 11.7. The third-order valence-corrected chi connectivity index (χ3v) is 2.55. The largest absolute Gasteiger partial charge is 0.330 e. The Labute approximate surface area is 98.4 Å². The van der Waals surface area contributed by atoms with Crippen LogP contribution in [0, 0.1) is 12.7 Å². The first-order valence-corrected chi connectivity index (χ1v) is 5.45. The topological polar surface area (TPSA) is 69.6 Å². The van der Waals surface area contributed by atoms with E-state index >= 15 is 0 Å². The standard InChI is InChI=1S/C11H14FN5/c1-8-3-4-9(12)7-10(8)11-14-15-16-17(11)6-2-5-13/h3-4,7H,2,5-6,13H2,1H3. The molecule has 0 unspecified atom stereocenters. The molecule has 0 amide bonds. The van der Waals surface area contributed by atoms with Crippen molar-refractivity contribution in [3.05, 3.63) is 29.6 Å². The lowest BCUT2D eigenvalue weighted by molar-refractivity contribution is 0.568. The molecule has 0 saturated heterocycles. The molecule has 0 spiro atoms. The van der Waals surface area contributed by atoms with Crippen LogP contribution in [0.2, 0.25) is 0 Å². The highest BCUT2D eigenvalue weighted by Crippen LogP contribution is 2.21. The van der Waals surface area contributed by atoms with Crippen molar-refractivity contribution >= 4 is 0 Å². The van der Waals surface area contributed by atoms with E-state index in [1.54, 1.807) is 10.7 Å². The van der Waals surface area contributed by atoms with Crippen LogP contribution in [-0.4, -0.2) is 26.8 Å². The number of aryl methyl sites for hydroxylation is 2. The Morgan fingerprint density at radius 2 is 2.24 bits per heavy atom. The van der Waals surface area contributed by atoms with Crippen molar-refractivity contribution in [1.82, 2.24) is 20.2 Å². The fourth-order valence-electron chi connectivity index (χ4n) is 1.62. The molecule has 2 aromatic rings. The molecule has 1 heterocycles. The molecule has 1 aromatic carbocycles. The second kappa shape index (κ2) is 5.01. The molecule has 2 N–H and O–H groups in total.